The number of aromatic nitrogens is 2. The Bertz CT molecular complexity index is 509. The van der Waals surface area contributed by atoms with Crippen molar-refractivity contribution in [1.82, 2.24) is 15.5 Å². The first-order valence-corrected chi connectivity index (χ1v) is 5.77. The van der Waals surface area contributed by atoms with Crippen molar-refractivity contribution < 1.29 is 14.7 Å². The van der Waals surface area contributed by atoms with E-state index in [1.165, 1.54) is 0 Å². The van der Waals surface area contributed by atoms with Gasteiger partial charge in [-0.15, -0.1) is 0 Å². The molecule has 1 heterocycles. The fourth-order valence-electron chi connectivity index (χ4n) is 1.74. The number of hydrogen-bond acceptors (Lipinski definition) is 4. The predicted octanol–water partition coefficient (Wildman–Crippen LogP) is 0.688. The van der Waals surface area contributed by atoms with Gasteiger partial charge in [0.15, 0.2) is 0 Å². The van der Waals surface area contributed by atoms with Gasteiger partial charge in [-0.05, 0) is 32.8 Å². The maximum absolute atomic E-state index is 11.9. The average molecular weight is 249 g/mol. The van der Waals surface area contributed by atoms with Crippen molar-refractivity contribution in [3.05, 3.63) is 23.0 Å². The Hall–Kier alpha value is -1.98. The van der Waals surface area contributed by atoms with Gasteiger partial charge < -0.3 is 10.4 Å². The summed E-state index contributed by atoms with van der Waals surface area (Å²) >= 11 is 0. The largest absolute Gasteiger partial charge is 0.481 e. The van der Waals surface area contributed by atoms with Gasteiger partial charge >= 0.3 is 5.97 Å². The Morgan fingerprint density at radius 3 is 2.61 bits per heavy atom. The number of amides is 1. The van der Waals surface area contributed by atoms with Crippen molar-refractivity contribution in [1.29, 1.82) is 0 Å². The third-order valence-corrected chi connectivity index (χ3v) is 3.24. The summed E-state index contributed by atoms with van der Waals surface area (Å²) in [7, 11) is 0. The lowest BCUT2D eigenvalue weighted by Gasteiger charge is -2.12. The molecule has 0 bridgehead atoms. The topological polar surface area (TPSA) is 92.2 Å². The standard InChI is InChI=1S/C12H15N3O3/c1-7-5-9(8(2)15-14-7)10(16)13-6-12(3-4-12)11(17)18/h5H,3-4,6H2,1-2H3,(H,13,16)(H,17,18). The Balaban J connectivity index is 2.04. The third-order valence-electron chi connectivity index (χ3n) is 3.24. The number of carboxylic acid groups (broad SMARTS) is 1. The number of rotatable bonds is 4. The highest BCUT2D eigenvalue weighted by molar-refractivity contribution is 5.95. The second-order valence-electron chi connectivity index (χ2n) is 4.75. The summed E-state index contributed by atoms with van der Waals surface area (Å²) in [6, 6.07) is 1.65. The number of carbonyl (C=O) groups excluding carboxylic acids is 1. The van der Waals surface area contributed by atoms with Crippen LogP contribution in [0, 0.1) is 19.3 Å². The number of hydrogen-bond donors (Lipinski definition) is 2. The highest BCUT2D eigenvalue weighted by Gasteiger charge is 2.50. The molecule has 0 saturated heterocycles. The number of carboxylic acids is 1. The lowest BCUT2D eigenvalue weighted by Crippen LogP contribution is -2.34. The van der Waals surface area contributed by atoms with Gasteiger partial charge in [0.25, 0.3) is 5.91 Å². The number of nitrogens with zero attached hydrogens (tertiary/aromatic N) is 2. The molecular formula is C12H15N3O3. The van der Waals surface area contributed by atoms with Gasteiger partial charge in [-0.1, -0.05) is 0 Å². The molecule has 2 rings (SSSR count). The van der Waals surface area contributed by atoms with Crippen molar-refractivity contribution in [2.45, 2.75) is 26.7 Å². The maximum Gasteiger partial charge on any atom is 0.311 e. The maximum atomic E-state index is 11.9. The summed E-state index contributed by atoms with van der Waals surface area (Å²) in [6.45, 7) is 3.62. The minimum absolute atomic E-state index is 0.169. The predicted molar refractivity (Wildman–Crippen MR) is 63.1 cm³/mol. The number of aliphatic carboxylic acids is 1. The highest BCUT2D eigenvalue weighted by atomic mass is 16.4. The molecule has 1 fully saturated rings. The van der Waals surface area contributed by atoms with Crippen LogP contribution in [0.1, 0.15) is 34.6 Å². The molecule has 0 atom stereocenters. The number of aryl methyl sites for hydroxylation is 2. The molecule has 1 aliphatic rings. The van der Waals surface area contributed by atoms with Crippen LogP contribution in [0.4, 0.5) is 0 Å². The molecule has 0 unspecified atom stereocenters. The van der Waals surface area contributed by atoms with Crippen LogP contribution in [-0.4, -0.2) is 33.7 Å². The van der Waals surface area contributed by atoms with Crippen LogP contribution in [-0.2, 0) is 4.79 Å². The fourth-order valence-corrected chi connectivity index (χ4v) is 1.74. The van der Waals surface area contributed by atoms with E-state index in [9.17, 15) is 9.59 Å². The normalized spacial score (nSPS) is 16.1. The SMILES string of the molecule is Cc1cc(C(=O)NCC2(C(=O)O)CC2)c(C)nn1. The molecule has 0 aliphatic heterocycles. The van der Waals surface area contributed by atoms with Gasteiger partial charge in [0, 0.05) is 6.54 Å². The van der Waals surface area contributed by atoms with Gasteiger partial charge in [0.1, 0.15) is 0 Å². The van der Waals surface area contributed by atoms with Crippen LogP contribution in [0.25, 0.3) is 0 Å². The monoisotopic (exact) mass is 249 g/mol. The van der Waals surface area contributed by atoms with E-state index in [2.05, 4.69) is 15.5 Å². The Morgan fingerprint density at radius 2 is 2.06 bits per heavy atom. The number of nitrogens with one attached hydrogen (secondary N) is 1. The second kappa shape index (κ2) is 4.36. The van der Waals surface area contributed by atoms with Gasteiger partial charge in [0.2, 0.25) is 0 Å². The summed E-state index contributed by atoms with van der Waals surface area (Å²) < 4.78 is 0. The van der Waals surface area contributed by atoms with Crippen molar-refractivity contribution in [2.75, 3.05) is 6.54 Å². The molecule has 1 amide bonds. The minimum Gasteiger partial charge on any atom is -0.481 e. The molecule has 6 nitrogen and oxygen atoms in total. The van der Waals surface area contributed by atoms with Gasteiger partial charge in [-0.2, -0.15) is 10.2 Å². The molecule has 96 valence electrons. The summed E-state index contributed by atoms with van der Waals surface area (Å²) in [6.07, 6.45) is 1.24. The first-order chi connectivity index (χ1) is 8.44. The first kappa shape index (κ1) is 12.5. The zero-order valence-electron chi connectivity index (χ0n) is 10.4. The van der Waals surface area contributed by atoms with Gasteiger partial charge in [-0.3, -0.25) is 9.59 Å². The summed E-state index contributed by atoms with van der Waals surface area (Å²) in [5.41, 5.74) is 0.895. The molecule has 0 spiro atoms. The zero-order chi connectivity index (χ0) is 13.3. The summed E-state index contributed by atoms with van der Waals surface area (Å²) in [5, 5.41) is 19.4. The molecule has 0 radical (unpaired) electrons. The van der Waals surface area contributed by atoms with Crippen molar-refractivity contribution in [3.63, 3.8) is 0 Å². The van der Waals surface area contributed by atoms with Crippen LogP contribution in [0.5, 0.6) is 0 Å². The Kier molecular flexibility index (Phi) is 3.02. The molecule has 1 aromatic heterocycles. The Morgan fingerprint density at radius 1 is 1.39 bits per heavy atom. The molecule has 6 heteroatoms. The van der Waals surface area contributed by atoms with Gasteiger partial charge in [0.05, 0.1) is 22.4 Å². The second-order valence-corrected chi connectivity index (χ2v) is 4.75. The zero-order valence-corrected chi connectivity index (χ0v) is 10.4. The lowest BCUT2D eigenvalue weighted by atomic mass is 10.1. The molecule has 18 heavy (non-hydrogen) atoms. The van der Waals surface area contributed by atoms with E-state index < -0.39 is 11.4 Å². The first-order valence-electron chi connectivity index (χ1n) is 5.77. The summed E-state index contributed by atoms with van der Waals surface area (Å²) in [4.78, 5) is 22.9. The van der Waals surface area contributed by atoms with E-state index in [0.29, 0.717) is 29.8 Å². The minimum atomic E-state index is -0.844. The fraction of sp³-hybridized carbons (Fsp3) is 0.500. The van der Waals surface area contributed by atoms with E-state index in [1.807, 2.05) is 0 Å². The summed E-state index contributed by atoms with van der Waals surface area (Å²) in [5.74, 6) is -1.14. The third kappa shape index (κ3) is 2.32. The van der Waals surface area contributed by atoms with Gasteiger partial charge in [-0.25, -0.2) is 0 Å². The van der Waals surface area contributed by atoms with E-state index in [-0.39, 0.29) is 12.5 Å². The lowest BCUT2D eigenvalue weighted by molar-refractivity contribution is -0.143. The highest BCUT2D eigenvalue weighted by Crippen LogP contribution is 2.45. The molecular weight excluding hydrogens is 234 g/mol. The molecule has 1 aliphatic carbocycles. The molecule has 1 saturated carbocycles. The van der Waals surface area contributed by atoms with Crippen LogP contribution in [0.2, 0.25) is 0 Å². The smallest absolute Gasteiger partial charge is 0.311 e. The van der Waals surface area contributed by atoms with Crippen LogP contribution < -0.4 is 5.32 Å². The van der Waals surface area contributed by atoms with E-state index in [1.54, 1.807) is 19.9 Å². The van der Waals surface area contributed by atoms with Crippen molar-refractivity contribution in [3.8, 4) is 0 Å². The van der Waals surface area contributed by atoms with E-state index in [4.69, 9.17) is 5.11 Å². The van der Waals surface area contributed by atoms with Crippen molar-refractivity contribution in [2.24, 2.45) is 5.41 Å². The Labute approximate surface area is 104 Å². The van der Waals surface area contributed by atoms with E-state index in [0.717, 1.165) is 0 Å². The van der Waals surface area contributed by atoms with E-state index >= 15 is 0 Å². The van der Waals surface area contributed by atoms with Crippen LogP contribution in [0.15, 0.2) is 6.07 Å². The quantitative estimate of drug-likeness (QED) is 0.819. The van der Waals surface area contributed by atoms with Crippen LogP contribution >= 0.6 is 0 Å². The molecule has 0 aromatic carbocycles. The van der Waals surface area contributed by atoms with Crippen molar-refractivity contribution >= 4 is 11.9 Å². The average Bonchev–Trinajstić information content (AvgIpc) is 3.10. The van der Waals surface area contributed by atoms with Crippen LogP contribution in [0.3, 0.4) is 0 Å². The molecule has 2 N–H and O–H groups in total. The number of carbonyl (C=O) groups is 2. The molecule has 1 aromatic rings.